The summed E-state index contributed by atoms with van der Waals surface area (Å²) < 4.78 is 0. The Hall–Kier alpha value is -2.18. The SMILES string of the molecule is CC1C(NC(=O)c2ccc(-c3ccccc3C(N)=O)s2)C2CCN1CC2. The summed E-state index contributed by atoms with van der Waals surface area (Å²) in [5, 5.41) is 3.26. The van der Waals surface area contributed by atoms with Gasteiger partial charge in [0.05, 0.1) is 4.88 Å². The van der Waals surface area contributed by atoms with Crippen molar-refractivity contribution in [1.82, 2.24) is 10.2 Å². The Labute approximate surface area is 157 Å². The van der Waals surface area contributed by atoms with Gasteiger partial charge in [-0.05, 0) is 57.0 Å². The molecule has 136 valence electrons. The lowest BCUT2D eigenvalue weighted by molar-refractivity contribution is 0.0218. The Bertz CT molecular complexity index is 837. The van der Waals surface area contributed by atoms with E-state index >= 15 is 0 Å². The molecule has 2 unspecified atom stereocenters. The Kier molecular flexibility index (Phi) is 4.54. The number of amides is 2. The van der Waals surface area contributed by atoms with Crippen LogP contribution in [0.2, 0.25) is 0 Å². The lowest BCUT2D eigenvalue weighted by Gasteiger charge is -2.49. The molecule has 5 nitrogen and oxygen atoms in total. The van der Waals surface area contributed by atoms with Crippen LogP contribution in [0.25, 0.3) is 10.4 Å². The number of fused-ring (bicyclic) bond motifs is 3. The van der Waals surface area contributed by atoms with Gasteiger partial charge in [0.15, 0.2) is 0 Å². The number of carbonyl (C=O) groups is 2. The minimum Gasteiger partial charge on any atom is -0.366 e. The number of hydrogen-bond donors (Lipinski definition) is 2. The van der Waals surface area contributed by atoms with Crippen molar-refractivity contribution in [3.8, 4) is 10.4 Å². The van der Waals surface area contributed by atoms with E-state index in [9.17, 15) is 9.59 Å². The Morgan fingerprint density at radius 1 is 1.15 bits per heavy atom. The van der Waals surface area contributed by atoms with Crippen LogP contribution in [-0.2, 0) is 0 Å². The molecule has 2 atom stereocenters. The van der Waals surface area contributed by atoms with Crippen LogP contribution in [0.1, 0.15) is 39.8 Å². The zero-order chi connectivity index (χ0) is 18.3. The normalized spacial score (nSPS) is 27.3. The highest BCUT2D eigenvalue weighted by Gasteiger charge is 2.40. The molecule has 5 rings (SSSR count). The molecular weight excluding hydrogens is 346 g/mol. The van der Waals surface area contributed by atoms with E-state index in [-0.39, 0.29) is 11.9 Å². The van der Waals surface area contributed by atoms with E-state index in [4.69, 9.17) is 5.73 Å². The average molecular weight is 369 g/mol. The minimum absolute atomic E-state index is 0.0246. The van der Waals surface area contributed by atoms with Crippen molar-refractivity contribution in [2.24, 2.45) is 11.7 Å². The van der Waals surface area contributed by atoms with Gasteiger partial charge in [-0.1, -0.05) is 18.2 Å². The van der Waals surface area contributed by atoms with Gasteiger partial charge in [-0.15, -0.1) is 11.3 Å². The first kappa shape index (κ1) is 17.2. The fourth-order valence-corrected chi connectivity index (χ4v) is 5.23. The smallest absolute Gasteiger partial charge is 0.261 e. The van der Waals surface area contributed by atoms with Crippen LogP contribution in [-0.4, -0.2) is 41.9 Å². The zero-order valence-corrected chi connectivity index (χ0v) is 15.6. The van der Waals surface area contributed by atoms with E-state index in [1.165, 1.54) is 11.3 Å². The molecule has 3 N–H and O–H groups in total. The van der Waals surface area contributed by atoms with E-state index in [1.54, 1.807) is 12.1 Å². The molecule has 26 heavy (non-hydrogen) atoms. The predicted octanol–water partition coefficient (Wildman–Crippen LogP) is 2.73. The second kappa shape index (κ2) is 6.85. The number of hydrogen-bond acceptors (Lipinski definition) is 4. The van der Waals surface area contributed by atoms with Crippen LogP contribution >= 0.6 is 11.3 Å². The number of carbonyl (C=O) groups excluding carboxylic acids is 2. The van der Waals surface area contributed by atoms with Gasteiger partial charge in [0.2, 0.25) is 5.91 Å². The number of rotatable bonds is 4. The molecule has 1 aromatic carbocycles. The van der Waals surface area contributed by atoms with Gasteiger partial charge in [0, 0.05) is 28.1 Å². The van der Waals surface area contributed by atoms with E-state index < -0.39 is 5.91 Å². The van der Waals surface area contributed by atoms with E-state index in [0.29, 0.717) is 22.4 Å². The summed E-state index contributed by atoms with van der Waals surface area (Å²) in [6.45, 7) is 4.50. The average Bonchev–Trinajstić information content (AvgIpc) is 3.15. The first-order valence-electron chi connectivity index (χ1n) is 9.08. The summed E-state index contributed by atoms with van der Waals surface area (Å²) in [6.07, 6.45) is 2.33. The van der Waals surface area contributed by atoms with E-state index in [2.05, 4.69) is 17.1 Å². The fraction of sp³-hybridized carbons (Fsp3) is 0.400. The summed E-state index contributed by atoms with van der Waals surface area (Å²) in [6, 6.07) is 11.6. The van der Waals surface area contributed by atoms with Crippen molar-refractivity contribution in [3.05, 3.63) is 46.8 Å². The maximum Gasteiger partial charge on any atom is 0.261 e. The molecule has 4 heterocycles. The largest absolute Gasteiger partial charge is 0.366 e. The van der Waals surface area contributed by atoms with Gasteiger partial charge in [0.25, 0.3) is 5.91 Å². The summed E-state index contributed by atoms with van der Waals surface area (Å²) in [5.41, 5.74) is 6.73. The summed E-state index contributed by atoms with van der Waals surface area (Å²) in [5.74, 6) is 0.0958. The lowest BCUT2D eigenvalue weighted by Crippen LogP contribution is -2.62. The maximum atomic E-state index is 12.8. The van der Waals surface area contributed by atoms with Gasteiger partial charge in [0.1, 0.15) is 0 Å². The Balaban J connectivity index is 1.53. The third-order valence-corrected chi connectivity index (χ3v) is 6.88. The van der Waals surface area contributed by atoms with Crippen LogP contribution in [0, 0.1) is 5.92 Å². The lowest BCUT2D eigenvalue weighted by atomic mass is 9.79. The molecule has 0 saturated carbocycles. The third kappa shape index (κ3) is 3.04. The number of thiophene rings is 1. The topological polar surface area (TPSA) is 75.4 Å². The van der Waals surface area contributed by atoms with Crippen molar-refractivity contribution >= 4 is 23.2 Å². The molecule has 3 saturated heterocycles. The number of primary amides is 1. The fourth-order valence-electron chi connectivity index (χ4n) is 4.29. The second-order valence-corrected chi connectivity index (χ2v) is 8.27. The van der Waals surface area contributed by atoms with Crippen LogP contribution in [0.15, 0.2) is 36.4 Å². The maximum absolute atomic E-state index is 12.8. The van der Waals surface area contributed by atoms with Crippen molar-refractivity contribution in [3.63, 3.8) is 0 Å². The second-order valence-electron chi connectivity index (χ2n) is 7.19. The number of benzene rings is 1. The zero-order valence-electron chi connectivity index (χ0n) is 14.8. The first-order valence-corrected chi connectivity index (χ1v) is 9.90. The molecule has 3 aliphatic heterocycles. The molecular formula is C20H23N3O2S. The highest BCUT2D eigenvalue weighted by molar-refractivity contribution is 7.17. The highest BCUT2D eigenvalue weighted by atomic mass is 32.1. The molecule has 0 radical (unpaired) electrons. The summed E-state index contributed by atoms with van der Waals surface area (Å²) in [4.78, 5) is 28.5. The summed E-state index contributed by atoms with van der Waals surface area (Å²) in [7, 11) is 0. The first-order chi connectivity index (χ1) is 12.5. The number of piperidine rings is 3. The van der Waals surface area contributed by atoms with Gasteiger partial charge in [-0.2, -0.15) is 0 Å². The molecule has 2 aromatic rings. The van der Waals surface area contributed by atoms with Gasteiger partial charge in [-0.25, -0.2) is 0 Å². The standard InChI is InChI=1S/C20H23N3O2S/c1-12-18(13-8-10-23(12)11-9-13)22-20(25)17-7-6-16(26-17)14-4-2-3-5-15(14)19(21)24/h2-7,12-13,18H,8-11H2,1H3,(H2,21,24)(H,22,25). The molecule has 3 fully saturated rings. The van der Waals surface area contributed by atoms with Crippen molar-refractivity contribution in [2.75, 3.05) is 13.1 Å². The van der Waals surface area contributed by atoms with Gasteiger partial charge >= 0.3 is 0 Å². The van der Waals surface area contributed by atoms with Crippen LogP contribution in [0.5, 0.6) is 0 Å². The highest BCUT2D eigenvalue weighted by Crippen LogP contribution is 2.34. The van der Waals surface area contributed by atoms with E-state index in [0.717, 1.165) is 36.4 Å². The molecule has 2 amide bonds. The number of nitrogens with two attached hydrogens (primary N) is 1. The van der Waals surface area contributed by atoms with Crippen molar-refractivity contribution in [2.45, 2.75) is 31.8 Å². The minimum atomic E-state index is -0.457. The number of nitrogens with zero attached hydrogens (tertiary/aromatic N) is 1. The van der Waals surface area contributed by atoms with Crippen LogP contribution in [0.3, 0.4) is 0 Å². The van der Waals surface area contributed by atoms with Crippen LogP contribution in [0.4, 0.5) is 0 Å². The molecule has 6 heteroatoms. The Morgan fingerprint density at radius 2 is 1.88 bits per heavy atom. The van der Waals surface area contributed by atoms with Gasteiger partial charge in [-0.3, -0.25) is 14.5 Å². The Morgan fingerprint density at radius 3 is 2.58 bits per heavy atom. The van der Waals surface area contributed by atoms with Crippen molar-refractivity contribution < 1.29 is 9.59 Å². The van der Waals surface area contributed by atoms with Gasteiger partial charge < -0.3 is 11.1 Å². The third-order valence-electron chi connectivity index (χ3n) is 5.76. The van der Waals surface area contributed by atoms with Crippen molar-refractivity contribution in [1.29, 1.82) is 0 Å². The molecule has 0 spiro atoms. The quantitative estimate of drug-likeness (QED) is 0.870. The molecule has 2 bridgehead atoms. The van der Waals surface area contributed by atoms with Crippen LogP contribution < -0.4 is 11.1 Å². The summed E-state index contributed by atoms with van der Waals surface area (Å²) >= 11 is 1.40. The monoisotopic (exact) mass is 369 g/mol. The molecule has 3 aliphatic rings. The predicted molar refractivity (Wildman–Crippen MR) is 103 cm³/mol. The number of nitrogens with one attached hydrogen (secondary N) is 1. The molecule has 1 aromatic heterocycles. The van der Waals surface area contributed by atoms with E-state index in [1.807, 2.05) is 24.3 Å². The molecule has 0 aliphatic carbocycles.